The Hall–Kier alpha value is -2.33. The molecule has 0 fully saturated rings. The number of rotatable bonds is 5. The summed E-state index contributed by atoms with van der Waals surface area (Å²) in [6, 6.07) is 4.39. The van der Waals surface area contributed by atoms with Crippen LogP contribution in [-0.4, -0.2) is 24.4 Å². The van der Waals surface area contributed by atoms with Crippen molar-refractivity contribution in [3.8, 4) is 0 Å². The van der Waals surface area contributed by atoms with Crippen LogP contribution in [0.15, 0.2) is 36.4 Å². The minimum Gasteiger partial charge on any atom is -0.346 e. The van der Waals surface area contributed by atoms with E-state index in [1.165, 1.54) is 18.2 Å². The van der Waals surface area contributed by atoms with Crippen LogP contribution >= 0.6 is 23.2 Å². The second-order valence-electron chi connectivity index (χ2n) is 7.69. The van der Waals surface area contributed by atoms with Crippen molar-refractivity contribution in [1.29, 1.82) is 0 Å². The van der Waals surface area contributed by atoms with Gasteiger partial charge in [0.15, 0.2) is 5.82 Å². The van der Waals surface area contributed by atoms with Crippen LogP contribution in [0.5, 0.6) is 0 Å². The third-order valence-corrected chi connectivity index (χ3v) is 5.71. The second-order valence-corrected chi connectivity index (χ2v) is 8.51. The van der Waals surface area contributed by atoms with E-state index < -0.39 is 64.2 Å². The van der Waals surface area contributed by atoms with Crippen molar-refractivity contribution in [1.82, 2.24) is 5.32 Å². The maximum atomic E-state index is 14.4. The summed E-state index contributed by atoms with van der Waals surface area (Å²) in [5, 5.41) is 0.864. The SMILES string of the molecule is O=C(CC(F)(F)F)NC1c2ccc(/C=C/C(c3cc(Cl)c(F)c(Cl)c3)C(F)(F)F)cc2CC1F. The fraction of sp³-hybridized carbons (Fsp3) is 0.318. The normalized spacial score (nSPS) is 19.4. The van der Waals surface area contributed by atoms with E-state index in [1.54, 1.807) is 0 Å². The molecule has 12 heteroatoms. The zero-order valence-electron chi connectivity index (χ0n) is 16.9. The Morgan fingerprint density at radius 1 is 1.09 bits per heavy atom. The smallest absolute Gasteiger partial charge is 0.346 e. The average Bonchev–Trinajstić information content (AvgIpc) is 2.98. The number of carbonyl (C=O) groups is 1. The summed E-state index contributed by atoms with van der Waals surface area (Å²) >= 11 is 11.2. The molecule has 0 radical (unpaired) electrons. The summed E-state index contributed by atoms with van der Waals surface area (Å²) < 4.78 is 106. The highest BCUT2D eigenvalue weighted by molar-refractivity contribution is 6.35. The number of fused-ring (bicyclic) bond motifs is 1. The maximum absolute atomic E-state index is 14.4. The summed E-state index contributed by atoms with van der Waals surface area (Å²) in [6.07, 6.45) is -11.3. The van der Waals surface area contributed by atoms with Crippen LogP contribution in [0.3, 0.4) is 0 Å². The predicted octanol–water partition coefficient (Wildman–Crippen LogP) is 7.50. The first-order chi connectivity index (χ1) is 15.7. The fourth-order valence-electron chi connectivity index (χ4n) is 3.68. The molecule has 1 aliphatic carbocycles. The number of benzene rings is 2. The van der Waals surface area contributed by atoms with E-state index in [-0.39, 0.29) is 17.5 Å². The van der Waals surface area contributed by atoms with E-state index in [2.05, 4.69) is 0 Å². The molecule has 0 aliphatic heterocycles. The van der Waals surface area contributed by atoms with E-state index >= 15 is 0 Å². The molecule has 0 heterocycles. The fourth-order valence-corrected chi connectivity index (χ4v) is 4.18. The zero-order chi connectivity index (χ0) is 25.4. The number of carbonyl (C=O) groups excluding carboxylic acids is 1. The molecule has 1 aliphatic rings. The monoisotopic (exact) mass is 531 g/mol. The van der Waals surface area contributed by atoms with Gasteiger partial charge in [-0.15, -0.1) is 0 Å². The summed E-state index contributed by atoms with van der Waals surface area (Å²) in [4.78, 5) is 11.6. The van der Waals surface area contributed by atoms with E-state index in [0.29, 0.717) is 5.56 Å². The van der Waals surface area contributed by atoms with Gasteiger partial charge in [0.1, 0.15) is 12.6 Å². The standard InChI is InChI=1S/C22H15Cl2F8NO/c23-15-6-12(7-16(24)19(15)26)14(22(30,31)32)4-2-10-1-3-13-11(5-10)8-17(25)20(13)33-18(34)9-21(27,28)29/h1-7,14,17,20H,8-9H2,(H,33,34)/b4-2+. The third kappa shape index (κ3) is 6.21. The van der Waals surface area contributed by atoms with Crippen molar-refractivity contribution < 1.29 is 39.9 Å². The highest BCUT2D eigenvalue weighted by Gasteiger charge is 2.40. The number of halogens is 10. The Morgan fingerprint density at radius 3 is 2.26 bits per heavy atom. The maximum Gasteiger partial charge on any atom is 0.399 e. The van der Waals surface area contributed by atoms with Gasteiger partial charge in [0, 0.05) is 6.42 Å². The molecule has 3 unspecified atom stereocenters. The number of nitrogens with one attached hydrogen (secondary N) is 1. The molecule has 1 N–H and O–H groups in total. The molecule has 0 aromatic heterocycles. The third-order valence-electron chi connectivity index (χ3n) is 5.16. The largest absolute Gasteiger partial charge is 0.399 e. The number of amides is 1. The van der Waals surface area contributed by atoms with Crippen LogP contribution < -0.4 is 5.32 Å². The molecule has 2 aromatic rings. The number of alkyl halides is 7. The lowest BCUT2D eigenvalue weighted by Gasteiger charge is -2.18. The van der Waals surface area contributed by atoms with Crippen LogP contribution in [0.4, 0.5) is 35.1 Å². The molecule has 3 atom stereocenters. The Balaban J connectivity index is 1.84. The molecular weight excluding hydrogens is 517 g/mol. The van der Waals surface area contributed by atoms with Crippen molar-refractivity contribution in [3.05, 3.63) is 74.5 Å². The molecule has 0 spiro atoms. The molecule has 34 heavy (non-hydrogen) atoms. The van der Waals surface area contributed by atoms with Gasteiger partial charge in [0.05, 0.1) is 22.0 Å². The van der Waals surface area contributed by atoms with Gasteiger partial charge in [-0.1, -0.05) is 53.6 Å². The molecule has 0 saturated heterocycles. The lowest BCUT2D eigenvalue weighted by atomic mass is 9.96. The van der Waals surface area contributed by atoms with Gasteiger partial charge in [-0.05, 0) is 34.4 Å². The predicted molar refractivity (Wildman–Crippen MR) is 111 cm³/mol. The van der Waals surface area contributed by atoms with Crippen LogP contribution in [-0.2, 0) is 11.2 Å². The number of hydrogen-bond acceptors (Lipinski definition) is 1. The van der Waals surface area contributed by atoms with Crippen LogP contribution in [0, 0.1) is 5.82 Å². The molecule has 0 bridgehead atoms. The lowest BCUT2D eigenvalue weighted by molar-refractivity contribution is -0.154. The van der Waals surface area contributed by atoms with Gasteiger partial charge in [0.25, 0.3) is 0 Å². The first kappa shape index (κ1) is 26.3. The minimum absolute atomic E-state index is 0.236. The van der Waals surface area contributed by atoms with Gasteiger partial charge in [0.2, 0.25) is 5.91 Å². The van der Waals surface area contributed by atoms with Gasteiger partial charge in [-0.3, -0.25) is 4.79 Å². The van der Waals surface area contributed by atoms with E-state index in [1.807, 2.05) is 5.32 Å². The Labute approximate surface area is 198 Å². The number of hydrogen-bond donors (Lipinski definition) is 1. The van der Waals surface area contributed by atoms with Gasteiger partial charge in [-0.25, -0.2) is 8.78 Å². The van der Waals surface area contributed by atoms with E-state index in [4.69, 9.17) is 23.2 Å². The van der Waals surface area contributed by atoms with E-state index in [9.17, 15) is 39.9 Å². The molecule has 2 aromatic carbocycles. The summed E-state index contributed by atoms with van der Waals surface area (Å²) in [5.41, 5.74) is 0.437. The molecule has 0 saturated carbocycles. The Bertz CT molecular complexity index is 1090. The molecule has 3 rings (SSSR count). The minimum atomic E-state index is -4.77. The van der Waals surface area contributed by atoms with Crippen molar-refractivity contribution in [3.63, 3.8) is 0 Å². The molecule has 1 amide bonds. The van der Waals surface area contributed by atoms with Gasteiger partial charge in [-0.2, -0.15) is 26.3 Å². The summed E-state index contributed by atoms with van der Waals surface area (Å²) in [5.74, 6) is -4.62. The van der Waals surface area contributed by atoms with Crippen molar-refractivity contribution >= 4 is 35.2 Å². The quantitative estimate of drug-likeness (QED) is 0.314. The second kappa shape index (κ2) is 9.73. The van der Waals surface area contributed by atoms with Crippen LogP contribution in [0.2, 0.25) is 10.0 Å². The van der Waals surface area contributed by atoms with Crippen molar-refractivity contribution in [2.45, 2.75) is 43.3 Å². The van der Waals surface area contributed by atoms with Gasteiger partial charge >= 0.3 is 12.4 Å². The molecule has 2 nitrogen and oxygen atoms in total. The molecular formula is C22H15Cl2F8NO. The summed E-state index contributed by atoms with van der Waals surface area (Å²) in [7, 11) is 0. The lowest BCUT2D eigenvalue weighted by Crippen LogP contribution is -2.34. The molecule has 184 valence electrons. The Morgan fingerprint density at radius 2 is 1.71 bits per heavy atom. The topological polar surface area (TPSA) is 29.1 Å². The van der Waals surface area contributed by atoms with Crippen molar-refractivity contribution in [2.24, 2.45) is 0 Å². The zero-order valence-corrected chi connectivity index (χ0v) is 18.4. The van der Waals surface area contributed by atoms with Crippen LogP contribution in [0.1, 0.15) is 40.6 Å². The first-order valence-corrected chi connectivity index (χ1v) is 10.4. The van der Waals surface area contributed by atoms with Gasteiger partial charge < -0.3 is 5.32 Å². The van der Waals surface area contributed by atoms with Crippen molar-refractivity contribution in [2.75, 3.05) is 0 Å². The highest BCUT2D eigenvalue weighted by Crippen LogP contribution is 2.40. The number of allylic oxidation sites excluding steroid dienone is 1. The summed E-state index contributed by atoms with van der Waals surface area (Å²) in [6.45, 7) is 0. The highest BCUT2D eigenvalue weighted by atomic mass is 35.5. The first-order valence-electron chi connectivity index (χ1n) is 9.68. The van der Waals surface area contributed by atoms with Crippen LogP contribution in [0.25, 0.3) is 6.08 Å². The Kier molecular flexibility index (Phi) is 7.52. The average molecular weight is 532 g/mol. The van der Waals surface area contributed by atoms with E-state index in [0.717, 1.165) is 24.3 Å².